The molecule has 1 N–H and O–H groups in total. The Bertz CT molecular complexity index is 641. The Morgan fingerprint density at radius 3 is 2.86 bits per heavy atom. The first-order chi connectivity index (χ1) is 10.0. The van der Waals surface area contributed by atoms with Crippen LogP contribution in [0, 0.1) is 6.92 Å². The van der Waals surface area contributed by atoms with Crippen LogP contribution in [0.3, 0.4) is 0 Å². The standard InChI is InChI=1S/C14H15F2N3O2/c1-3-19-11(6-7-17-19)13(20)18-10-8-9(2)4-5-12(10)21-14(15)16/h4-8,14H,3H2,1-2H3,(H,18,20). The third-order valence-electron chi connectivity index (χ3n) is 2.85. The average Bonchev–Trinajstić information content (AvgIpc) is 2.90. The number of carbonyl (C=O) groups excluding carboxylic acids is 1. The van der Waals surface area contributed by atoms with Gasteiger partial charge >= 0.3 is 6.61 Å². The second-order valence-corrected chi connectivity index (χ2v) is 4.36. The van der Waals surface area contributed by atoms with Gasteiger partial charge in [-0.15, -0.1) is 0 Å². The van der Waals surface area contributed by atoms with Gasteiger partial charge in [0.1, 0.15) is 11.4 Å². The quantitative estimate of drug-likeness (QED) is 0.922. The largest absolute Gasteiger partial charge is 0.433 e. The molecule has 5 nitrogen and oxygen atoms in total. The number of hydrogen-bond donors (Lipinski definition) is 1. The van der Waals surface area contributed by atoms with Crippen molar-refractivity contribution in [2.24, 2.45) is 0 Å². The zero-order valence-electron chi connectivity index (χ0n) is 11.6. The Hall–Kier alpha value is -2.44. The predicted molar refractivity (Wildman–Crippen MR) is 73.7 cm³/mol. The van der Waals surface area contributed by atoms with E-state index in [0.29, 0.717) is 12.2 Å². The monoisotopic (exact) mass is 295 g/mol. The third kappa shape index (κ3) is 3.56. The number of carbonyl (C=O) groups is 1. The van der Waals surface area contributed by atoms with Crippen molar-refractivity contribution in [3.63, 3.8) is 0 Å². The molecular weight excluding hydrogens is 280 g/mol. The summed E-state index contributed by atoms with van der Waals surface area (Å²) >= 11 is 0. The number of rotatable bonds is 5. The van der Waals surface area contributed by atoms with Crippen LogP contribution < -0.4 is 10.1 Å². The van der Waals surface area contributed by atoms with Crippen LogP contribution in [0.1, 0.15) is 23.0 Å². The van der Waals surface area contributed by atoms with E-state index in [1.807, 2.05) is 6.92 Å². The lowest BCUT2D eigenvalue weighted by atomic mass is 10.2. The number of nitrogens with one attached hydrogen (secondary N) is 1. The molecule has 0 radical (unpaired) electrons. The van der Waals surface area contributed by atoms with Crippen molar-refractivity contribution in [2.45, 2.75) is 27.0 Å². The van der Waals surface area contributed by atoms with Gasteiger partial charge in [0.2, 0.25) is 0 Å². The second-order valence-electron chi connectivity index (χ2n) is 4.36. The summed E-state index contributed by atoms with van der Waals surface area (Å²) in [7, 11) is 0. The van der Waals surface area contributed by atoms with Gasteiger partial charge in [0.25, 0.3) is 5.91 Å². The van der Waals surface area contributed by atoms with Crippen LogP contribution in [-0.2, 0) is 6.54 Å². The number of benzene rings is 1. The van der Waals surface area contributed by atoms with E-state index < -0.39 is 12.5 Å². The molecule has 21 heavy (non-hydrogen) atoms. The molecule has 1 amide bonds. The summed E-state index contributed by atoms with van der Waals surface area (Å²) < 4.78 is 30.7. The molecule has 2 aromatic rings. The van der Waals surface area contributed by atoms with E-state index >= 15 is 0 Å². The molecule has 0 unspecified atom stereocenters. The summed E-state index contributed by atoms with van der Waals surface area (Å²) in [6.45, 7) is 1.22. The number of aromatic nitrogens is 2. The Morgan fingerprint density at radius 1 is 1.43 bits per heavy atom. The van der Waals surface area contributed by atoms with E-state index in [-0.39, 0.29) is 11.4 Å². The highest BCUT2D eigenvalue weighted by atomic mass is 19.3. The van der Waals surface area contributed by atoms with Gasteiger partial charge in [-0.3, -0.25) is 9.48 Å². The number of halogens is 2. The summed E-state index contributed by atoms with van der Waals surface area (Å²) in [6.07, 6.45) is 1.51. The van der Waals surface area contributed by atoms with Crippen molar-refractivity contribution >= 4 is 11.6 Å². The molecule has 0 aliphatic carbocycles. The molecule has 1 aromatic heterocycles. The highest BCUT2D eigenvalue weighted by Crippen LogP contribution is 2.27. The van der Waals surface area contributed by atoms with Crippen molar-refractivity contribution in [1.29, 1.82) is 0 Å². The maximum absolute atomic E-state index is 12.4. The number of ether oxygens (including phenoxy) is 1. The first-order valence-electron chi connectivity index (χ1n) is 6.40. The summed E-state index contributed by atoms with van der Waals surface area (Å²) in [6, 6.07) is 6.16. The lowest BCUT2D eigenvalue weighted by Gasteiger charge is -2.13. The number of alkyl halides is 2. The van der Waals surface area contributed by atoms with Crippen LogP contribution in [0.25, 0.3) is 0 Å². The summed E-state index contributed by atoms with van der Waals surface area (Å²) in [5.41, 5.74) is 1.36. The molecule has 0 fully saturated rings. The summed E-state index contributed by atoms with van der Waals surface area (Å²) in [4.78, 5) is 12.2. The maximum atomic E-state index is 12.4. The van der Waals surface area contributed by atoms with E-state index in [9.17, 15) is 13.6 Å². The second kappa shape index (κ2) is 6.34. The Kier molecular flexibility index (Phi) is 4.52. The lowest BCUT2D eigenvalue weighted by molar-refractivity contribution is -0.0493. The molecule has 7 heteroatoms. The third-order valence-corrected chi connectivity index (χ3v) is 2.85. The molecule has 0 atom stereocenters. The minimum Gasteiger partial charge on any atom is -0.433 e. The molecule has 0 aliphatic rings. The summed E-state index contributed by atoms with van der Waals surface area (Å²) in [5, 5.41) is 6.57. The van der Waals surface area contributed by atoms with E-state index in [4.69, 9.17) is 0 Å². The molecule has 0 bridgehead atoms. The minimum atomic E-state index is -2.95. The Balaban J connectivity index is 2.26. The maximum Gasteiger partial charge on any atom is 0.387 e. The zero-order valence-corrected chi connectivity index (χ0v) is 11.6. The first kappa shape index (κ1) is 15.0. The van der Waals surface area contributed by atoms with Gasteiger partial charge in [-0.25, -0.2) is 0 Å². The van der Waals surface area contributed by atoms with Crippen molar-refractivity contribution < 1.29 is 18.3 Å². The average molecular weight is 295 g/mol. The van der Waals surface area contributed by atoms with Crippen LogP contribution in [-0.4, -0.2) is 22.3 Å². The molecule has 0 saturated heterocycles. The van der Waals surface area contributed by atoms with Crippen LogP contribution in [0.15, 0.2) is 30.5 Å². The zero-order chi connectivity index (χ0) is 15.4. The van der Waals surface area contributed by atoms with Gasteiger partial charge in [-0.1, -0.05) is 6.07 Å². The first-order valence-corrected chi connectivity index (χ1v) is 6.40. The fraction of sp³-hybridized carbons (Fsp3) is 0.286. The number of amides is 1. The number of aryl methyl sites for hydroxylation is 2. The van der Waals surface area contributed by atoms with E-state index in [1.165, 1.54) is 16.9 Å². The lowest BCUT2D eigenvalue weighted by Crippen LogP contribution is -2.18. The molecule has 112 valence electrons. The van der Waals surface area contributed by atoms with Crippen molar-refractivity contribution in [3.05, 3.63) is 41.7 Å². The van der Waals surface area contributed by atoms with E-state index in [2.05, 4.69) is 15.2 Å². The van der Waals surface area contributed by atoms with Crippen LogP contribution in [0.4, 0.5) is 14.5 Å². The van der Waals surface area contributed by atoms with Gasteiger partial charge in [0.15, 0.2) is 0 Å². The molecule has 1 aromatic carbocycles. The minimum absolute atomic E-state index is 0.0773. The van der Waals surface area contributed by atoms with Gasteiger partial charge in [0.05, 0.1) is 5.69 Å². The number of nitrogens with zero attached hydrogens (tertiary/aromatic N) is 2. The predicted octanol–water partition coefficient (Wildman–Crippen LogP) is 3.07. The molecule has 2 rings (SSSR count). The smallest absolute Gasteiger partial charge is 0.387 e. The molecule has 0 saturated carbocycles. The van der Waals surface area contributed by atoms with Gasteiger partial charge in [-0.05, 0) is 37.6 Å². The van der Waals surface area contributed by atoms with Crippen LogP contribution >= 0.6 is 0 Å². The SMILES string of the molecule is CCn1nccc1C(=O)Nc1cc(C)ccc1OC(F)F. The molecule has 1 heterocycles. The van der Waals surface area contributed by atoms with Gasteiger partial charge in [-0.2, -0.15) is 13.9 Å². The van der Waals surface area contributed by atoms with Crippen molar-refractivity contribution in [1.82, 2.24) is 9.78 Å². The fourth-order valence-corrected chi connectivity index (χ4v) is 1.90. The number of anilines is 1. The van der Waals surface area contributed by atoms with E-state index in [0.717, 1.165) is 5.56 Å². The number of hydrogen-bond acceptors (Lipinski definition) is 3. The highest BCUT2D eigenvalue weighted by molar-refractivity contribution is 6.03. The van der Waals surface area contributed by atoms with Crippen molar-refractivity contribution in [2.75, 3.05) is 5.32 Å². The highest BCUT2D eigenvalue weighted by Gasteiger charge is 2.15. The topological polar surface area (TPSA) is 56.2 Å². The van der Waals surface area contributed by atoms with Gasteiger partial charge < -0.3 is 10.1 Å². The Morgan fingerprint density at radius 2 is 2.19 bits per heavy atom. The summed E-state index contributed by atoms with van der Waals surface area (Å²) in [5.74, 6) is -0.509. The normalized spacial score (nSPS) is 10.7. The van der Waals surface area contributed by atoms with Crippen LogP contribution in [0.2, 0.25) is 0 Å². The van der Waals surface area contributed by atoms with Gasteiger partial charge in [0, 0.05) is 12.7 Å². The van der Waals surface area contributed by atoms with Crippen LogP contribution in [0.5, 0.6) is 5.75 Å². The fourth-order valence-electron chi connectivity index (χ4n) is 1.90. The Labute approximate surface area is 120 Å². The van der Waals surface area contributed by atoms with Crippen molar-refractivity contribution in [3.8, 4) is 5.75 Å². The molecular formula is C14H15F2N3O2. The molecule has 0 aliphatic heterocycles. The van der Waals surface area contributed by atoms with E-state index in [1.54, 1.807) is 25.1 Å². The molecule has 0 spiro atoms.